The van der Waals surface area contributed by atoms with Gasteiger partial charge in [0.1, 0.15) is 11.5 Å². The summed E-state index contributed by atoms with van der Waals surface area (Å²) in [5.74, 6) is -0.671. The van der Waals surface area contributed by atoms with Crippen LogP contribution in [0.5, 0.6) is 11.5 Å². The van der Waals surface area contributed by atoms with Crippen molar-refractivity contribution in [1.29, 1.82) is 0 Å². The van der Waals surface area contributed by atoms with E-state index >= 15 is 0 Å². The summed E-state index contributed by atoms with van der Waals surface area (Å²) in [6.07, 6.45) is 2.63. The highest BCUT2D eigenvalue weighted by Gasteiger charge is 2.13. The van der Waals surface area contributed by atoms with Crippen LogP contribution in [0.25, 0.3) is 0 Å². The Morgan fingerprint density at radius 2 is 2.15 bits per heavy atom. The van der Waals surface area contributed by atoms with Crippen LogP contribution in [0.3, 0.4) is 0 Å². The number of aromatic hydroxyl groups is 2. The largest absolute Gasteiger partial charge is 0.508 e. The topological polar surface area (TPSA) is 87.4 Å². The number of carbonyl (C=O) groups excluding carboxylic acids is 1. The molecule has 1 aromatic carbocycles. The van der Waals surface area contributed by atoms with E-state index in [1.165, 1.54) is 18.2 Å². The zero-order chi connectivity index (χ0) is 14.7. The molecule has 106 valence electrons. The van der Waals surface area contributed by atoms with Crippen LogP contribution in [0.1, 0.15) is 28.5 Å². The van der Waals surface area contributed by atoms with Gasteiger partial charge in [0.2, 0.25) is 0 Å². The number of benzene rings is 1. The molecule has 0 aliphatic rings. The van der Waals surface area contributed by atoms with Gasteiger partial charge in [0.05, 0.1) is 11.3 Å². The molecule has 20 heavy (non-hydrogen) atoms. The van der Waals surface area contributed by atoms with Crippen molar-refractivity contribution in [3.05, 3.63) is 41.2 Å². The lowest BCUT2D eigenvalue weighted by Crippen LogP contribution is -2.23. The molecule has 0 bridgehead atoms. The summed E-state index contributed by atoms with van der Waals surface area (Å²) < 4.78 is 1.70. The van der Waals surface area contributed by atoms with E-state index in [2.05, 4.69) is 10.4 Å². The Balaban J connectivity index is 2.10. The van der Waals surface area contributed by atoms with Crippen LogP contribution in [0.15, 0.2) is 24.4 Å². The van der Waals surface area contributed by atoms with Gasteiger partial charge in [-0.05, 0) is 24.6 Å². The Kier molecular flexibility index (Phi) is 3.93. The quantitative estimate of drug-likeness (QED) is 0.734. The lowest BCUT2D eigenvalue weighted by molar-refractivity contribution is 0.0947. The van der Waals surface area contributed by atoms with Gasteiger partial charge in [-0.3, -0.25) is 9.48 Å². The van der Waals surface area contributed by atoms with Gasteiger partial charge in [-0.25, -0.2) is 0 Å². The Morgan fingerprint density at radius 1 is 1.40 bits per heavy atom. The fourth-order valence-corrected chi connectivity index (χ4v) is 2.01. The number of hydrogen-bond acceptors (Lipinski definition) is 4. The first-order chi connectivity index (χ1) is 9.51. The molecule has 0 radical (unpaired) electrons. The highest BCUT2D eigenvalue weighted by molar-refractivity contribution is 5.97. The molecule has 0 atom stereocenters. The minimum Gasteiger partial charge on any atom is -0.508 e. The SMILES string of the molecule is CCc1nn(C)cc1CNC(=O)c1cc(O)ccc1O. The minimum atomic E-state index is -0.440. The number of nitrogens with one attached hydrogen (secondary N) is 1. The maximum atomic E-state index is 12.0. The van der Waals surface area contributed by atoms with Gasteiger partial charge >= 0.3 is 0 Å². The third-order valence-electron chi connectivity index (χ3n) is 2.99. The molecule has 1 amide bonds. The van der Waals surface area contributed by atoms with Crippen molar-refractivity contribution in [2.75, 3.05) is 0 Å². The number of carbonyl (C=O) groups is 1. The molecule has 0 aliphatic carbocycles. The first-order valence-corrected chi connectivity index (χ1v) is 6.32. The van der Waals surface area contributed by atoms with Crippen LogP contribution in [0.4, 0.5) is 0 Å². The average molecular weight is 275 g/mol. The Labute approximate surface area is 116 Å². The van der Waals surface area contributed by atoms with Crippen molar-refractivity contribution < 1.29 is 15.0 Å². The van der Waals surface area contributed by atoms with E-state index in [0.29, 0.717) is 6.54 Å². The second-order valence-electron chi connectivity index (χ2n) is 4.51. The van der Waals surface area contributed by atoms with E-state index in [1.54, 1.807) is 4.68 Å². The molecule has 0 aliphatic heterocycles. The van der Waals surface area contributed by atoms with Gasteiger partial charge in [0.15, 0.2) is 0 Å². The second-order valence-corrected chi connectivity index (χ2v) is 4.51. The van der Waals surface area contributed by atoms with Crippen LogP contribution >= 0.6 is 0 Å². The molecule has 6 nitrogen and oxygen atoms in total. The predicted molar refractivity (Wildman–Crippen MR) is 73.5 cm³/mol. The zero-order valence-corrected chi connectivity index (χ0v) is 11.4. The summed E-state index contributed by atoms with van der Waals surface area (Å²) in [6, 6.07) is 3.84. The smallest absolute Gasteiger partial charge is 0.255 e. The number of phenolic OH excluding ortho intramolecular Hbond substituents is 2. The van der Waals surface area contributed by atoms with Gasteiger partial charge < -0.3 is 15.5 Å². The summed E-state index contributed by atoms with van der Waals surface area (Å²) >= 11 is 0. The highest BCUT2D eigenvalue weighted by Crippen LogP contribution is 2.22. The summed E-state index contributed by atoms with van der Waals surface area (Å²) in [4.78, 5) is 12.0. The third kappa shape index (κ3) is 2.90. The van der Waals surface area contributed by atoms with Crippen molar-refractivity contribution in [2.24, 2.45) is 7.05 Å². The molecule has 2 aromatic rings. The average Bonchev–Trinajstić information content (AvgIpc) is 2.79. The summed E-state index contributed by atoms with van der Waals surface area (Å²) in [5, 5.41) is 26.0. The van der Waals surface area contributed by atoms with E-state index in [9.17, 15) is 15.0 Å². The maximum absolute atomic E-state index is 12.0. The predicted octanol–water partition coefficient (Wildman–Crippen LogP) is 1.32. The molecular formula is C14H17N3O3. The van der Waals surface area contributed by atoms with E-state index in [4.69, 9.17) is 0 Å². The Morgan fingerprint density at radius 3 is 2.85 bits per heavy atom. The number of aromatic nitrogens is 2. The lowest BCUT2D eigenvalue weighted by atomic mass is 10.1. The fraction of sp³-hybridized carbons (Fsp3) is 0.286. The number of phenols is 2. The molecular weight excluding hydrogens is 258 g/mol. The molecule has 1 aromatic heterocycles. The number of aryl methyl sites for hydroxylation is 2. The van der Waals surface area contributed by atoms with Crippen molar-refractivity contribution in [2.45, 2.75) is 19.9 Å². The summed E-state index contributed by atoms with van der Waals surface area (Å²) in [6.45, 7) is 2.32. The van der Waals surface area contributed by atoms with Crippen LogP contribution in [0, 0.1) is 0 Å². The van der Waals surface area contributed by atoms with Crippen molar-refractivity contribution in [3.8, 4) is 11.5 Å². The molecule has 0 unspecified atom stereocenters. The Bertz CT molecular complexity index is 635. The lowest BCUT2D eigenvalue weighted by Gasteiger charge is -2.07. The van der Waals surface area contributed by atoms with Crippen LogP contribution in [0.2, 0.25) is 0 Å². The second kappa shape index (κ2) is 5.64. The number of nitrogens with zero attached hydrogens (tertiary/aromatic N) is 2. The highest BCUT2D eigenvalue weighted by atomic mass is 16.3. The van der Waals surface area contributed by atoms with Crippen LogP contribution in [-0.4, -0.2) is 25.9 Å². The standard InChI is InChI=1S/C14H17N3O3/c1-3-12-9(8-17(2)16-12)7-15-14(20)11-6-10(18)4-5-13(11)19/h4-6,8,18-19H,3,7H2,1-2H3,(H,15,20). The first-order valence-electron chi connectivity index (χ1n) is 6.32. The van der Waals surface area contributed by atoms with Crippen molar-refractivity contribution in [1.82, 2.24) is 15.1 Å². The van der Waals surface area contributed by atoms with E-state index in [0.717, 1.165) is 17.7 Å². The van der Waals surface area contributed by atoms with E-state index < -0.39 is 5.91 Å². The first kappa shape index (κ1) is 13.9. The Hall–Kier alpha value is -2.50. The maximum Gasteiger partial charge on any atom is 0.255 e. The molecule has 2 rings (SSSR count). The third-order valence-corrected chi connectivity index (χ3v) is 2.99. The molecule has 0 spiro atoms. The van der Waals surface area contributed by atoms with Crippen LogP contribution in [-0.2, 0) is 20.0 Å². The molecule has 3 N–H and O–H groups in total. The van der Waals surface area contributed by atoms with Gasteiger partial charge in [-0.1, -0.05) is 6.92 Å². The molecule has 1 heterocycles. The van der Waals surface area contributed by atoms with E-state index in [1.807, 2.05) is 20.2 Å². The van der Waals surface area contributed by atoms with Gasteiger partial charge in [-0.15, -0.1) is 0 Å². The fourth-order valence-electron chi connectivity index (χ4n) is 2.01. The molecule has 0 fully saturated rings. The number of amides is 1. The summed E-state index contributed by atoms with van der Waals surface area (Å²) in [5.41, 5.74) is 1.91. The van der Waals surface area contributed by atoms with Gasteiger partial charge in [0.25, 0.3) is 5.91 Å². The van der Waals surface area contributed by atoms with Crippen molar-refractivity contribution >= 4 is 5.91 Å². The van der Waals surface area contributed by atoms with Crippen LogP contribution < -0.4 is 5.32 Å². The molecule has 0 saturated heterocycles. The number of rotatable bonds is 4. The van der Waals surface area contributed by atoms with Crippen molar-refractivity contribution in [3.63, 3.8) is 0 Å². The molecule has 0 saturated carbocycles. The van der Waals surface area contributed by atoms with Gasteiger partial charge in [0, 0.05) is 25.4 Å². The van der Waals surface area contributed by atoms with Gasteiger partial charge in [-0.2, -0.15) is 5.10 Å². The minimum absolute atomic E-state index is 0.0481. The molecule has 6 heteroatoms. The number of hydrogen-bond donors (Lipinski definition) is 3. The summed E-state index contributed by atoms with van der Waals surface area (Å²) in [7, 11) is 1.82. The zero-order valence-electron chi connectivity index (χ0n) is 11.4. The van der Waals surface area contributed by atoms with E-state index in [-0.39, 0.29) is 17.1 Å². The normalized spacial score (nSPS) is 10.5. The monoisotopic (exact) mass is 275 g/mol.